The van der Waals surface area contributed by atoms with Crippen molar-refractivity contribution in [2.75, 3.05) is 24.3 Å². The maximum absolute atomic E-state index is 14.0. The summed E-state index contributed by atoms with van der Waals surface area (Å²) in [6.07, 6.45) is 0. The van der Waals surface area contributed by atoms with Gasteiger partial charge >= 0.3 is 0 Å². The first-order chi connectivity index (χ1) is 10.5. The van der Waals surface area contributed by atoms with Crippen molar-refractivity contribution in [3.8, 4) is 11.5 Å². The fraction of sp³-hybridized carbons (Fsp3) is 0.133. The van der Waals surface area contributed by atoms with Crippen molar-refractivity contribution < 1.29 is 23.0 Å². The first-order valence-electron chi connectivity index (χ1n) is 6.50. The number of hydrogen-bond donors (Lipinski definition) is 2. The van der Waals surface area contributed by atoms with Crippen molar-refractivity contribution in [1.82, 2.24) is 0 Å². The number of carbonyl (C=O) groups is 1. The van der Waals surface area contributed by atoms with E-state index in [-0.39, 0.29) is 22.7 Å². The summed E-state index contributed by atoms with van der Waals surface area (Å²) in [6.45, 7) is 0.654. The van der Waals surface area contributed by atoms with Gasteiger partial charge in [-0.2, -0.15) is 0 Å². The molecule has 7 heteroatoms. The maximum Gasteiger partial charge on any atom is 0.258 e. The fourth-order valence-electron chi connectivity index (χ4n) is 2.06. The number of halogens is 2. The molecule has 22 heavy (non-hydrogen) atoms. The summed E-state index contributed by atoms with van der Waals surface area (Å²) >= 11 is 0. The summed E-state index contributed by atoms with van der Waals surface area (Å²) in [7, 11) is 0. The fourth-order valence-corrected chi connectivity index (χ4v) is 2.06. The third-order valence-electron chi connectivity index (χ3n) is 3.13. The Morgan fingerprint density at radius 3 is 2.41 bits per heavy atom. The van der Waals surface area contributed by atoms with Crippen LogP contribution in [-0.4, -0.2) is 19.1 Å². The first-order valence-corrected chi connectivity index (χ1v) is 6.50. The van der Waals surface area contributed by atoms with Crippen molar-refractivity contribution in [2.24, 2.45) is 0 Å². The lowest BCUT2D eigenvalue weighted by atomic mass is 10.1. The predicted molar refractivity (Wildman–Crippen MR) is 76.2 cm³/mol. The summed E-state index contributed by atoms with van der Waals surface area (Å²) in [5.41, 5.74) is 5.37. The molecule has 3 rings (SSSR count). The molecule has 0 unspecified atom stereocenters. The summed E-state index contributed by atoms with van der Waals surface area (Å²) in [5, 5.41) is 2.45. The summed E-state index contributed by atoms with van der Waals surface area (Å²) in [4.78, 5) is 12.1. The van der Waals surface area contributed by atoms with Crippen LogP contribution in [0.3, 0.4) is 0 Å². The Kier molecular flexibility index (Phi) is 3.54. The second-order valence-electron chi connectivity index (χ2n) is 4.67. The van der Waals surface area contributed by atoms with Crippen LogP contribution in [0.1, 0.15) is 10.4 Å². The quantitative estimate of drug-likeness (QED) is 0.836. The lowest BCUT2D eigenvalue weighted by Crippen LogP contribution is -2.18. The van der Waals surface area contributed by atoms with E-state index in [2.05, 4.69) is 5.32 Å². The number of rotatable bonds is 2. The van der Waals surface area contributed by atoms with Gasteiger partial charge in [0, 0.05) is 11.8 Å². The summed E-state index contributed by atoms with van der Waals surface area (Å²) in [5.74, 6) is -1.47. The van der Waals surface area contributed by atoms with Crippen LogP contribution < -0.4 is 20.5 Å². The molecule has 1 aliphatic rings. The van der Waals surface area contributed by atoms with Gasteiger partial charge in [0.05, 0.1) is 11.3 Å². The number of nitrogen functional groups attached to an aromatic ring is 1. The largest absolute Gasteiger partial charge is 0.486 e. The molecule has 0 radical (unpaired) electrons. The molecular weight excluding hydrogens is 294 g/mol. The molecule has 0 atom stereocenters. The van der Waals surface area contributed by atoms with Crippen LogP contribution >= 0.6 is 0 Å². The molecule has 0 bridgehead atoms. The number of anilines is 2. The van der Waals surface area contributed by atoms with Crippen molar-refractivity contribution in [2.45, 2.75) is 0 Å². The highest BCUT2D eigenvalue weighted by atomic mass is 19.1. The molecule has 1 heterocycles. The zero-order valence-corrected chi connectivity index (χ0v) is 11.4. The van der Waals surface area contributed by atoms with Crippen LogP contribution in [0, 0.1) is 11.6 Å². The van der Waals surface area contributed by atoms with Gasteiger partial charge in [0.2, 0.25) is 0 Å². The van der Waals surface area contributed by atoms with E-state index >= 15 is 0 Å². The number of ether oxygens (including phenoxy) is 2. The lowest BCUT2D eigenvalue weighted by molar-refractivity contribution is 0.102. The van der Waals surface area contributed by atoms with E-state index in [1.807, 2.05) is 0 Å². The zero-order chi connectivity index (χ0) is 15.7. The lowest BCUT2D eigenvalue weighted by Gasteiger charge is -2.19. The van der Waals surface area contributed by atoms with Crippen molar-refractivity contribution in [3.05, 3.63) is 47.5 Å². The Balaban J connectivity index is 1.87. The molecule has 1 aliphatic heterocycles. The van der Waals surface area contributed by atoms with Gasteiger partial charge in [-0.05, 0) is 24.3 Å². The van der Waals surface area contributed by atoms with E-state index in [0.29, 0.717) is 19.0 Å². The smallest absolute Gasteiger partial charge is 0.258 e. The molecule has 0 aliphatic carbocycles. The Bertz CT molecular complexity index is 750. The van der Waals surface area contributed by atoms with E-state index < -0.39 is 17.5 Å². The van der Waals surface area contributed by atoms with Gasteiger partial charge in [-0.25, -0.2) is 8.78 Å². The number of hydrogen-bond acceptors (Lipinski definition) is 4. The minimum absolute atomic E-state index is 0.111. The maximum atomic E-state index is 14.0. The van der Waals surface area contributed by atoms with Gasteiger partial charge in [0.15, 0.2) is 11.5 Å². The molecule has 0 spiro atoms. The second kappa shape index (κ2) is 5.51. The summed E-state index contributed by atoms with van der Waals surface area (Å²) in [6, 6.07) is 6.07. The van der Waals surface area contributed by atoms with Crippen molar-refractivity contribution in [3.63, 3.8) is 0 Å². The zero-order valence-electron chi connectivity index (χ0n) is 11.4. The molecule has 0 saturated heterocycles. The molecular formula is C15H12F2N2O3. The predicted octanol–water partition coefficient (Wildman–Crippen LogP) is 2.57. The van der Waals surface area contributed by atoms with E-state index in [9.17, 15) is 13.6 Å². The number of nitrogens with two attached hydrogens (primary N) is 1. The second-order valence-corrected chi connectivity index (χ2v) is 4.67. The number of benzene rings is 2. The third-order valence-corrected chi connectivity index (χ3v) is 3.13. The molecule has 1 amide bonds. The van der Waals surface area contributed by atoms with Gasteiger partial charge < -0.3 is 20.5 Å². The highest BCUT2D eigenvalue weighted by Gasteiger charge is 2.20. The Hall–Kier alpha value is -2.83. The molecule has 2 aromatic carbocycles. The Morgan fingerprint density at radius 2 is 1.73 bits per heavy atom. The Morgan fingerprint density at radius 1 is 1.05 bits per heavy atom. The van der Waals surface area contributed by atoms with Gasteiger partial charge in [0.1, 0.15) is 24.8 Å². The molecule has 3 N–H and O–H groups in total. The van der Waals surface area contributed by atoms with E-state index in [1.165, 1.54) is 18.2 Å². The normalized spacial score (nSPS) is 12.8. The third kappa shape index (κ3) is 2.65. The highest BCUT2D eigenvalue weighted by Crippen LogP contribution is 2.33. The van der Waals surface area contributed by atoms with Crippen LogP contribution in [0.15, 0.2) is 30.3 Å². The molecule has 2 aromatic rings. The van der Waals surface area contributed by atoms with Gasteiger partial charge in [-0.15, -0.1) is 0 Å². The average molecular weight is 306 g/mol. The van der Waals surface area contributed by atoms with E-state index in [4.69, 9.17) is 15.2 Å². The van der Waals surface area contributed by atoms with Crippen LogP contribution in [0.25, 0.3) is 0 Å². The number of amides is 1. The van der Waals surface area contributed by atoms with Crippen molar-refractivity contribution >= 4 is 17.3 Å². The molecule has 0 saturated carbocycles. The molecule has 5 nitrogen and oxygen atoms in total. The average Bonchev–Trinajstić information content (AvgIpc) is 2.50. The molecule has 0 fully saturated rings. The first kappa shape index (κ1) is 14.1. The monoisotopic (exact) mass is 306 g/mol. The molecule has 114 valence electrons. The van der Waals surface area contributed by atoms with Crippen LogP contribution in [0.2, 0.25) is 0 Å². The standard InChI is InChI=1S/C15H12F2N2O3/c16-10-2-1-8(5-12(10)18)19-15(20)9-6-13-14(7-11(9)17)22-4-3-21-13/h1-2,5-7H,3-4,18H2,(H,19,20). The van der Waals surface area contributed by atoms with E-state index in [1.54, 1.807) is 0 Å². The highest BCUT2D eigenvalue weighted by molar-refractivity contribution is 6.05. The summed E-state index contributed by atoms with van der Waals surface area (Å²) < 4.78 is 37.6. The van der Waals surface area contributed by atoms with Crippen LogP contribution in [0.4, 0.5) is 20.2 Å². The van der Waals surface area contributed by atoms with Crippen molar-refractivity contribution in [1.29, 1.82) is 0 Å². The SMILES string of the molecule is Nc1cc(NC(=O)c2cc3c(cc2F)OCCO3)ccc1F. The van der Waals surface area contributed by atoms with Crippen LogP contribution in [0.5, 0.6) is 11.5 Å². The minimum atomic E-state index is -0.739. The van der Waals surface area contributed by atoms with E-state index in [0.717, 1.165) is 12.1 Å². The van der Waals surface area contributed by atoms with Gasteiger partial charge in [0.25, 0.3) is 5.91 Å². The van der Waals surface area contributed by atoms with Gasteiger partial charge in [-0.1, -0.05) is 0 Å². The number of nitrogens with one attached hydrogen (secondary N) is 1. The Labute approximate surface area is 124 Å². The number of carbonyl (C=O) groups excluding carboxylic acids is 1. The van der Waals surface area contributed by atoms with Crippen LogP contribution in [-0.2, 0) is 0 Å². The molecule has 0 aromatic heterocycles. The van der Waals surface area contributed by atoms with Gasteiger partial charge in [-0.3, -0.25) is 4.79 Å². The number of fused-ring (bicyclic) bond motifs is 1. The minimum Gasteiger partial charge on any atom is -0.486 e. The topological polar surface area (TPSA) is 73.6 Å².